The minimum Gasteiger partial charge on any atom is -0.506 e. The van der Waals surface area contributed by atoms with Crippen LogP contribution in [0.25, 0.3) is 0 Å². The van der Waals surface area contributed by atoms with Crippen molar-refractivity contribution in [1.29, 1.82) is 0 Å². The van der Waals surface area contributed by atoms with Gasteiger partial charge in [-0.05, 0) is 28.9 Å². The van der Waals surface area contributed by atoms with Crippen LogP contribution in [0.2, 0.25) is 0 Å². The Morgan fingerprint density at radius 3 is 2.42 bits per heavy atom. The molecule has 0 bridgehead atoms. The second kappa shape index (κ2) is 6.42. The van der Waals surface area contributed by atoms with E-state index in [4.69, 9.17) is 9.47 Å². The van der Waals surface area contributed by atoms with Crippen LogP contribution in [-0.4, -0.2) is 37.7 Å². The summed E-state index contributed by atoms with van der Waals surface area (Å²) in [7, 11) is 2.76. The van der Waals surface area contributed by atoms with Crippen molar-refractivity contribution in [2.75, 3.05) is 20.8 Å². The first-order valence-corrected chi connectivity index (χ1v) is 6.12. The number of hydrogen-bond acceptors (Lipinski definition) is 6. The van der Waals surface area contributed by atoms with E-state index in [-0.39, 0.29) is 28.1 Å². The number of halogens is 1. The van der Waals surface area contributed by atoms with Gasteiger partial charge in [-0.1, -0.05) is 0 Å². The first kappa shape index (κ1) is 15.3. The van der Waals surface area contributed by atoms with Crippen LogP contribution in [-0.2, 0) is 9.53 Å². The van der Waals surface area contributed by atoms with Gasteiger partial charge in [0.2, 0.25) is 0 Å². The van der Waals surface area contributed by atoms with Crippen molar-refractivity contribution in [3.05, 3.63) is 16.1 Å². The van der Waals surface area contributed by atoms with E-state index in [9.17, 15) is 14.7 Å². The Kier molecular flexibility index (Phi) is 5.17. The zero-order chi connectivity index (χ0) is 14.6. The molecular formula is C12H13BrO6. The summed E-state index contributed by atoms with van der Waals surface area (Å²) in [6.45, 7) is 1.65. The highest BCUT2D eigenvalue weighted by Gasteiger charge is 2.26. The quantitative estimate of drug-likeness (QED) is 0.504. The summed E-state index contributed by atoms with van der Waals surface area (Å²) in [4.78, 5) is 23.2. The van der Waals surface area contributed by atoms with Crippen LogP contribution in [0, 0.1) is 0 Å². The van der Waals surface area contributed by atoms with Crippen LogP contribution < -0.4 is 9.47 Å². The number of phenols is 1. The maximum atomic E-state index is 11.8. The fourth-order valence-corrected chi connectivity index (χ4v) is 1.99. The largest absolute Gasteiger partial charge is 0.506 e. The first-order chi connectivity index (χ1) is 8.97. The number of phenolic OH excluding ortho intramolecular Hbond substituents is 1. The fraction of sp³-hybridized carbons (Fsp3) is 0.333. The number of rotatable bonds is 5. The minimum absolute atomic E-state index is 0.0692. The van der Waals surface area contributed by atoms with Crippen molar-refractivity contribution in [2.45, 2.75) is 6.92 Å². The van der Waals surface area contributed by atoms with Crippen LogP contribution >= 0.6 is 15.9 Å². The Hall–Kier alpha value is -1.76. The maximum absolute atomic E-state index is 11.8. The number of aromatic hydroxyl groups is 1. The van der Waals surface area contributed by atoms with Gasteiger partial charge >= 0.3 is 5.97 Å². The van der Waals surface area contributed by atoms with E-state index >= 15 is 0 Å². The maximum Gasteiger partial charge on any atom is 0.379 e. The van der Waals surface area contributed by atoms with Gasteiger partial charge in [-0.25, -0.2) is 4.79 Å². The molecule has 1 aromatic rings. The van der Waals surface area contributed by atoms with E-state index in [0.29, 0.717) is 0 Å². The van der Waals surface area contributed by atoms with E-state index in [0.717, 1.165) is 0 Å². The molecular weight excluding hydrogens is 320 g/mol. The molecule has 7 heteroatoms. The molecule has 1 N–H and O–H groups in total. The SMILES string of the molecule is CCOC(=O)C(=O)c1cc(OC)c(OC)c(Br)c1O. The number of benzene rings is 1. The van der Waals surface area contributed by atoms with Gasteiger partial charge in [0.15, 0.2) is 11.5 Å². The van der Waals surface area contributed by atoms with Gasteiger partial charge in [-0.3, -0.25) is 4.79 Å². The predicted octanol–water partition coefficient (Wildman–Crippen LogP) is 1.92. The molecule has 0 radical (unpaired) electrons. The molecule has 0 saturated carbocycles. The average molecular weight is 333 g/mol. The Balaban J connectivity index is 3.33. The van der Waals surface area contributed by atoms with E-state index in [1.165, 1.54) is 20.3 Å². The summed E-state index contributed by atoms with van der Waals surface area (Å²) in [6, 6.07) is 1.22. The van der Waals surface area contributed by atoms with E-state index in [1.807, 2.05) is 0 Å². The molecule has 0 spiro atoms. The van der Waals surface area contributed by atoms with Crippen molar-refractivity contribution < 1.29 is 28.9 Å². The highest BCUT2D eigenvalue weighted by molar-refractivity contribution is 9.10. The topological polar surface area (TPSA) is 82.1 Å². The van der Waals surface area contributed by atoms with Crippen LogP contribution in [0.3, 0.4) is 0 Å². The Labute approximate surface area is 118 Å². The molecule has 0 aliphatic heterocycles. The molecule has 6 nitrogen and oxygen atoms in total. The first-order valence-electron chi connectivity index (χ1n) is 5.32. The molecule has 0 aliphatic rings. The fourth-order valence-electron chi connectivity index (χ4n) is 1.42. The lowest BCUT2D eigenvalue weighted by molar-refractivity contribution is -0.137. The number of ketones is 1. The summed E-state index contributed by atoms with van der Waals surface area (Å²) < 4.78 is 14.8. The van der Waals surface area contributed by atoms with E-state index in [1.54, 1.807) is 6.92 Å². The number of Topliss-reactive ketones (excluding diaryl/α,β-unsaturated/α-hetero) is 1. The summed E-state index contributed by atoms with van der Waals surface area (Å²) >= 11 is 3.08. The third kappa shape index (κ3) is 2.98. The van der Waals surface area contributed by atoms with E-state index < -0.39 is 17.5 Å². The molecule has 104 valence electrons. The number of carbonyl (C=O) groups excluding carboxylic acids is 2. The van der Waals surface area contributed by atoms with Crippen LogP contribution in [0.1, 0.15) is 17.3 Å². The number of methoxy groups -OCH3 is 2. The summed E-state index contributed by atoms with van der Waals surface area (Å²) in [5, 5.41) is 9.91. The number of ether oxygens (including phenoxy) is 3. The van der Waals surface area contributed by atoms with Crippen LogP contribution in [0.5, 0.6) is 17.2 Å². The molecule has 0 amide bonds. The van der Waals surface area contributed by atoms with Gasteiger partial charge in [-0.15, -0.1) is 0 Å². The molecule has 1 rings (SSSR count). The lowest BCUT2D eigenvalue weighted by Crippen LogP contribution is -2.18. The standard InChI is InChI=1S/C12H13BrO6/c1-4-19-12(16)10(15)6-5-7(17-2)11(18-3)8(13)9(6)14/h5,14H,4H2,1-3H3. The van der Waals surface area contributed by atoms with Gasteiger partial charge in [0.1, 0.15) is 10.2 Å². The highest BCUT2D eigenvalue weighted by atomic mass is 79.9. The van der Waals surface area contributed by atoms with Crippen molar-refractivity contribution in [2.24, 2.45) is 0 Å². The summed E-state index contributed by atoms with van der Waals surface area (Å²) in [5.41, 5.74) is -0.219. The van der Waals surface area contributed by atoms with Gasteiger partial charge in [0, 0.05) is 0 Å². The summed E-state index contributed by atoms with van der Waals surface area (Å²) in [6.07, 6.45) is 0. The molecule has 0 atom stereocenters. The monoisotopic (exact) mass is 332 g/mol. The molecule has 19 heavy (non-hydrogen) atoms. The van der Waals surface area contributed by atoms with Crippen LogP contribution in [0.15, 0.2) is 10.5 Å². The number of esters is 1. The Morgan fingerprint density at radius 2 is 1.95 bits per heavy atom. The van der Waals surface area contributed by atoms with Crippen LogP contribution in [0.4, 0.5) is 0 Å². The number of hydrogen-bond donors (Lipinski definition) is 1. The molecule has 0 unspecified atom stereocenters. The van der Waals surface area contributed by atoms with Crippen molar-refractivity contribution >= 4 is 27.7 Å². The van der Waals surface area contributed by atoms with Gasteiger partial charge in [0.25, 0.3) is 5.78 Å². The molecule has 0 saturated heterocycles. The second-order valence-electron chi connectivity index (χ2n) is 3.37. The summed E-state index contributed by atoms with van der Waals surface area (Å²) in [5.74, 6) is -1.98. The zero-order valence-corrected chi connectivity index (χ0v) is 12.2. The Morgan fingerprint density at radius 1 is 1.32 bits per heavy atom. The zero-order valence-electron chi connectivity index (χ0n) is 10.7. The molecule has 0 aromatic heterocycles. The minimum atomic E-state index is -1.04. The van der Waals surface area contributed by atoms with Gasteiger partial charge < -0.3 is 19.3 Å². The average Bonchev–Trinajstić information content (AvgIpc) is 2.41. The van der Waals surface area contributed by atoms with Gasteiger partial charge in [0.05, 0.1) is 26.4 Å². The third-order valence-electron chi connectivity index (χ3n) is 2.29. The molecule has 1 aromatic carbocycles. The van der Waals surface area contributed by atoms with Crippen molar-refractivity contribution in [3.63, 3.8) is 0 Å². The lowest BCUT2D eigenvalue weighted by atomic mass is 10.1. The Bertz CT molecular complexity index is 511. The normalized spacial score (nSPS) is 9.89. The highest BCUT2D eigenvalue weighted by Crippen LogP contribution is 2.43. The molecule has 0 aliphatic carbocycles. The van der Waals surface area contributed by atoms with E-state index in [2.05, 4.69) is 20.7 Å². The molecule has 0 fully saturated rings. The van der Waals surface area contributed by atoms with Gasteiger partial charge in [-0.2, -0.15) is 0 Å². The number of carbonyl (C=O) groups is 2. The predicted molar refractivity (Wildman–Crippen MR) is 69.9 cm³/mol. The third-order valence-corrected chi connectivity index (χ3v) is 3.03. The van der Waals surface area contributed by atoms with Crippen molar-refractivity contribution in [3.8, 4) is 17.2 Å². The van der Waals surface area contributed by atoms with Crippen molar-refractivity contribution in [1.82, 2.24) is 0 Å². The second-order valence-corrected chi connectivity index (χ2v) is 4.16. The lowest BCUT2D eigenvalue weighted by Gasteiger charge is -2.13. The smallest absolute Gasteiger partial charge is 0.379 e. The molecule has 0 heterocycles.